The number of fused-ring (bicyclic) bond motifs is 3. The van der Waals surface area contributed by atoms with Crippen molar-refractivity contribution in [3.63, 3.8) is 0 Å². The number of nitrogens with two attached hydrogens (primary N) is 2. The van der Waals surface area contributed by atoms with Crippen molar-refractivity contribution >= 4 is 30.0 Å². The van der Waals surface area contributed by atoms with Crippen LogP contribution in [0.5, 0.6) is 0 Å². The van der Waals surface area contributed by atoms with E-state index in [1.165, 1.54) is 0 Å². The largest absolute Gasteiger partial charge is 0.506 e. The molecule has 0 radical (unpaired) electrons. The van der Waals surface area contributed by atoms with Gasteiger partial charge in [-0.05, 0) is 76.6 Å². The lowest BCUT2D eigenvalue weighted by Gasteiger charge is -2.22. The number of esters is 1. The highest BCUT2D eigenvalue weighted by Crippen LogP contribution is 2.44. The van der Waals surface area contributed by atoms with Crippen molar-refractivity contribution in [2.45, 2.75) is 77.5 Å². The van der Waals surface area contributed by atoms with Crippen molar-refractivity contribution < 1.29 is 38.5 Å². The Morgan fingerprint density at radius 3 is 1.84 bits per heavy atom. The molecule has 12 nitrogen and oxygen atoms in total. The monoisotopic (exact) mass is 598 g/mol. The molecule has 0 aromatic heterocycles. The molecule has 0 aliphatic heterocycles. The highest BCUT2D eigenvalue weighted by atomic mass is 16.7. The molecule has 0 saturated carbocycles. The fraction of sp³-hybridized carbons (Fsp3) is 0.452. The summed E-state index contributed by atoms with van der Waals surface area (Å²) in [5.74, 6) is -2.10. The summed E-state index contributed by atoms with van der Waals surface area (Å²) in [5, 5.41) is 10.5. The summed E-state index contributed by atoms with van der Waals surface area (Å²) in [5.41, 5.74) is 13.6. The minimum absolute atomic E-state index is 0.0792. The van der Waals surface area contributed by atoms with E-state index in [0.717, 1.165) is 22.3 Å². The van der Waals surface area contributed by atoms with E-state index in [-0.39, 0.29) is 31.4 Å². The summed E-state index contributed by atoms with van der Waals surface area (Å²) in [4.78, 5) is 51.4. The summed E-state index contributed by atoms with van der Waals surface area (Å²) >= 11 is 0. The van der Waals surface area contributed by atoms with E-state index in [1.54, 1.807) is 41.5 Å². The molecule has 12 heteroatoms. The van der Waals surface area contributed by atoms with E-state index in [9.17, 15) is 19.2 Å². The maximum absolute atomic E-state index is 12.7. The second kappa shape index (κ2) is 15.0. The molecule has 1 atom stereocenters. The van der Waals surface area contributed by atoms with Crippen LogP contribution in [0.15, 0.2) is 53.5 Å². The van der Waals surface area contributed by atoms with E-state index in [4.69, 9.17) is 26.0 Å². The lowest BCUT2D eigenvalue weighted by atomic mass is 9.98. The molecule has 2 aromatic carbocycles. The number of carboxylic acid groups (broad SMARTS) is 1. The zero-order valence-corrected chi connectivity index (χ0v) is 25.5. The molecule has 234 valence electrons. The van der Waals surface area contributed by atoms with Crippen LogP contribution in [0.1, 0.15) is 71.4 Å². The summed E-state index contributed by atoms with van der Waals surface area (Å²) < 4.78 is 15.1. The van der Waals surface area contributed by atoms with E-state index in [2.05, 4.69) is 15.0 Å². The molecule has 0 fully saturated rings. The highest BCUT2D eigenvalue weighted by molar-refractivity contribution is 6.36. The molecule has 2 aromatic rings. The fourth-order valence-corrected chi connectivity index (χ4v) is 4.29. The van der Waals surface area contributed by atoms with E-state index >= 15 is 0 Å². The van der Waals surface area contributed by atoms with Gasteiger partial charge < -0.3 is 36.1 Å². The van der Waals surface area contributed by atoms with Crippen LogP contribution in [-0.2, 0) is 23.8 Å². The van der Waals surface area contributed by atoms with E-state index in [1.807, 2.05) is 48.5 Å². The molecule has 3 rings (SSSR count). The number of nitrogens with zero attached hydrogens (tertiary/aromatic N) is 1. The summed E-state index contributed by atoms with van der Waals surface area (Å²) in [6.07, 6.45) is -1.52. The van der Waals surface area contributed by atoms with Crippen molar-refractivity contribution in [3.05, 3.63) is 59.7 Å². The Labute approximate surface area is 251 Å². The third-order valence-electron chi connectivity index (χ3n) is 5.89. The Balaban J connectivity index is 0.000000708. The van der Waals surface area contributed by atoms with E-state index < -0.39 is 41.2 Å². The highest BCUT2D eigenvalue weighted by Gasteiger charge is 2.33. The molecule has 6 N–H and O–H groups in total. The summed E-state index contributed by atoms with van der Waals surface area (Å²) in [6.45, 7) is 10.3. The Morgan fingerprint density at radius 2 is 1.40 bits per heavy atom. The molecule has 0 spiro atoms. The third kappa shape index (κ3) is 11.7. The first-order valence-corrected chi connectivity index (χ1v) is 13.8. The van der Waals surface area contributed by atoms with Crippen molar-refractivity contribution in [2.24, 2.45) is 16.5 Å². The first-order valence-electron chi connectivity index (χ1n) is 13.8. The number of ketones is 1. The Morgan fingerprint density at radius 1 is 0.884 bits per heavy atom. The van der Waals surface area contributed by atoms with Gasteiger partial charge in [0.1, 0.15) is 23.9 Å². The van der Waals surface area contributed by atoms with Crippen LogP contribution >= 0.6 is 0 Å². The molecule has 0 saturated heterocycles. The minimum atomic E-state index is -1.22. The van der Waals surface area contributed by atoms with Crippen molar-refractivity contribution in [1.29, 1.82) is 0 Å². The number of hydrogen-bond donors (Lipinski definition) is 4. The van der Waals surface area contributed by atoms with Gasteiger partial charge >= 0.3 is 18.2 Å². The number of Topliss-reactive ketones (excluding diaryl/α,β-unsaturated/α-hetero) is 1. The zero-order valence-electron chi connectivity index (χ0n) is 25.5. The quantitative estimate of drug-likeness (QED) is 0.0806. The predicted octanol–water partition coefficient (Wildman–Crippen LogP) is 4.34. The molecule has 0 bridgehead atoms. The summed E-state index contributed by atoms with van der Waals surface area (Å²) in [7, 11) is 0. The number of hydrogen-bond acceptors (Lipinski definition) is 8. The molecular weight excluding hydrogens is 556 g/mol. The standard InChI is InChI=1S/C26H32N4O5.C5H10O3/c1-26(2,3)35-23(32)22(31)21(13-8-14-29-24(27)28)30-25(33)34-15-20-18-11-6-4-9-16(18)17-10-5-7-12-19(17)20;1-5(2,3)8-4(6)7/h4-7,9-12,20-21H,8,13-15H2,1-3H3,(H,30,33)(H4,27,28,29);1-3H3,(H,6,7)/t21-;/m0./s1. The van der Waals surface area contributed by atoms with Gasteiger partial charge in [-0.2, -0.15) is 0 Å². The fourth-order valence-electron chi connectivity index (χ4n) is 4.29. The number of ether oxygens (including phenoxy) is 3. The SMILES string of the molecule is CC(C)(C)OC(=O)C(=O)[C@H](CCCN=C(N)N)NC(=O)OCC1c2ccccc2-c2ccccc21.CC(C)(C)OC(=O)O. The molecule has 1 aliphatic carbocycles. The average molecular weight is 599 g/mol. The van der Waals surface area contributed by atoms with Gasteiger partial charge in [-0.25, -0.2) is 14.4 Å². The smallest absolute Gasteiger partial charge is 0.454 e. The Bertz CT molecular complexity index is 1280. The van der Waals surface area contributed by atoms with Crippen LogP contribution in [0.25, 0.3) is 11.1 Å². The molecule has 1 aliphatic rings. The number of guanidine groups is 1. The third-order valence-corrected chi connectivity index (χ3v) is 5.89. The minimum Gasteiger partial charge on any atom is -0.454 e. The van der Waals surface area contributed by atoms with Crippen molar-refractivity contribution in [2.75, 3.05) is 13.2 Å². The van der Waals surface area contributed by atoms with Crippen LogP contribution in [0.3, 0.4) is 0 Å². The molecule has 1 amide bonds. The van der Waals surface area contributed by atoms with Crippen LogP contribution < -0.4 is 16.8 Å². The van der Waals surface area contributed by atoms with Crippen molar-refractivity contribution in [3.8, 4) is 11.1 Å². The number of nitrogens with one attached hydrogen (secondary N) is 1. The maximum Gasteiger partial charge on any atom is 0.506 e. The van der Waals surface area contributed by atoms with Gasteiger partial charge in [-0.3, -0.25) is 9.79 Å². The number of carbonyl (C=O) groups excluding carboxylic acids is 3. The summed E-state index contributed by atoms with van der Waals surface area (Å²) in [6, 6.07) is 14.8. The molecule has 43 heavy (non-hydrogen) atoms. The second-order valence-corrected chi connectivity index (χ2v) is 11.8. The topological polar surface area (TPSA) is 193 Å². The van der Waals surface area contributed by atoms with Crippen LogP contribution in [0.4, 0.5) is 9.59 Å². The number of rotatable bonds is 9. The van der Waals surface area contributed by atoms with Gasteiger partial charge in [-0.15, -0.1) is 0 Å². The number of alkyl carbamates (subject to hydrolysis) is 1. The Hall–Kier alpha value is -4.61. The normalized spacial score (nSPS) is 12.8. The lowest BCUT2D eigenvalue weighted by Crippen LogP contribution is -2.46. The van der Waals surface area contributed by atoms with Crippen LogP contribution in [-0.4, -0.2) is 65.5 Å². The van der Waals surface area contributed by atoms with E-state index in [0.29, 0.717) is 6.42 Å². The molecular formula is C31H42N4O8. The zero-order chi connectivity index (χ0) is 32.4. The first kappa shape index (κ1) is 34.6. The lowest BCUT2D eigenvalue weighted by molar-refractivity contribution is -0.163. The second-order valence-electron chi connectivity index (χ2n) is 11.8. The number of amides is 1. The van der Waals surface area contributed by atoms with Gasteiger partial charge in [0.2, 0.25) is 0 Å². The number of benzene rings is 2. The maximum atomic E-state index is 12.7. The number of carbonyl (C=O) groups is 4. The van der Waals surface area contributed by atoms with Gasteiger partial charge in [0.05, 0.1) is 0 Å². The molecule has 0 heterocycles. The average Bonchev–Trinajstić information content (AvgIpc) is 3.20. The van der Waals surface area contributed by atoms with Crippen molar-refractivity contribution in [1.82, 2.24) is 5.32 Å². The van der Waals surface area contributed by atoms with Crippen LogP contribution in [0.2, 0.25) is 0 Å². The Kier molecular flexibility index (Phi) is 12.1. The van der Waals surface area contributed by atoms with Gasteiger partial charge in [0.25, 0.3) is 5.78 Å². The van der Waals surface area contributed by atoms with Gasteiger partial charge in [0.15, 0.2) is 5.96 Å². The predicted molar refractivity (Wildman–Crippen MR) is 162 cm³/mol. The van der Waals surface area contributed by atoms with Gasteiger partial charge in [-0.1, -0.05) is 48.5 Å². The van der Waals surface area contributed by atoms with Crippen LogP contribution in [0, 0.1) is 0 Å². The first-order chi connectivity index (χ1) is 20.0. The molecule has 0 unspecified atom stereocenters. The van der Waals surface area contributed by atoms with Gasteiger partial charge in [0, 0.05) is 12.5 Å². The number of aliphatic imine (C=N–C) groups is 1.